The van der Waals surface area contributed by atoms with Crippen molar-refractivity contribution in [1.29, 1.82) is 0 Å². The van der Waals surface area contributed by atoms with Crippen LogP contribution >= 0.6 is 0 Å². The van der Waals surface area contributed by atoms with Gasteiger partial charge in [0.25, 0.3) is 0 Å². The van der Waals surface area contributed by atoms with E-state index in [9.17, 15) is 9.90 Å². The zero-order valence-corrected chi connectivity index (χ0v) is 14.6. The molecule has 0 radical (unpaired) electrons. The number of rotatable bonds is 4. The summed E-state index contributed by atoms with van der Waals surface area (Å²) < 4.78 is 5.38. The molecular weight excluding hydrogens is 292 g/mol. The quantitative estimate of drug-likeness (QED) is 0.897. The number of piperidine rings is 1. The first kappa shape index (κ1) is 17.6. The predicted molar refractivity (Wildman–Crippen MR) is 90.9 cm³/mol. The number of aryl methyl sites for hydroxylation is 2. The Morgan fingerprint density at radius 2 is 2.04 bits per heavy atom. The summed E-state index contributed by atoms with van der Waals surface area (Å²) in [6, 6.07) is 4.15. The molecule has 2 amide bonds. The minimum Gasteiger partial charge on any atom is -0.507 e. The van der Waals surface area contributed by atoms with Crippen LogP contribution in [-0.4, -0.2) is 48.4 Å². The molecular formula is C18H28N2O3. The highest BCUT2D eigenvalue weighted by Gasteiger charge is 2.28. The standard InChI is InChI=1S/C18H28N2O3/c1-12-9-15(10-13(2)17(12)21)5-7-19-18(22)20-8-6-16(23-4)11-14(20)3/h9-10,14,16,21H,5-8,11H2,1-4H3,(H,19,22)/t14-,16+/m1/s1. The number of carbonyl (C=O) groups is 1. The smallest absolute Gasteiger partial charge is 0.317 e. The normalized spacial score (nSPS) is 21.3. The number of aromatic hydroxyl groups is 1. The molecule has 5 nitrogen and oxygen atoms in total. The van der Waals surface area contributed by atoms with E-state index in [1.54, 1.807) is 7.11 Å². The van der Waals surface area contributed by atoms with Gasteiger partial charge in [0.1, 0.15) is 5.75 Å². The fourth-order valence-electron chi connectivity index (χ4n) is 3.25. The van der Waals surface area contributed by atoms with Gasteiger partial charge in [0.2, 0.25) is 0 Å². The Morgan fingerprint density at radius 3 is 2.61 bits per heavy atom. The van der Waals surface area contributed by atoms with Crippen LogP contribution in [0.4, 0.5) is 4.79 Å². The molecule has 128 valence electrons. The lowest BCUT2D eigenvalue weighted by Crippen LogP contribution is -2.50. The van der Waals surface area contributed by atoms with Crippen LogP contribution in [0.2, 0.25) is 0 Å². The third-order valence-electron chi connectivity index (χ3n) is 4.66. The summed E-state index contributed by atoms with van der Waals surface area (Å²) in [6.45, 7) is 7.19. The zero-order chi connectivity index (χ0) is 17.0. The largest absolute Gasteiger partial charge is 0.507 e. The number of likely N-dealkylation sites (tertiary alicyclic amines) is 1. The second-order valence-electron chi connectivity index (χ2n) is 6.48. The average molecular weight is 320 g/mol. The Bertz CT molecular complexity index is 536. The van der Waals surface area contributed by atoms with E-state index >= 15 is 0 Å². The van der Waals surface area contributed by atoms with Crippen LogP contribution in [0.25, 0.3) is 0 Å². The number of hydrogen-bond donors (Lipinski definition) is 2. The number of phenols is 1. The lowest BCUT2D eigenvalue weighted by Gasteiger charge is -2.37. The van der Waals surface area contributed by atoms with Crippen LogP contribution in [0.1, 0.15) is 36.5 Å². The maximum atomic E-state index is 12.3. The number of carbonyl (C=O) groups excluding carboxylic acids is 1. The van der Waals surface area contributed by atoms with E-state index < -0.39 is 0 Å². The zero-order valence-electron chi connectivity index (χ0n) is 14.6. The summed E-state index contributed by atoms with van der Waals surface area (Å²) in [5.41, 5.74) is 2.88. The number of amides is 2. The van der Waals surface area contributed by atoms with Gasteiger partial charge in [-0.2, -0.15) is 0 Å². The molecule has 1 aromatic carbocycles. The molecule has 2 atom stereocenters. The molecule has 0 aliphatic carbocycles. The summed E-state index contributed by atoms with van der Waals surface area (Å²) in [7, 11) is 1.73. The fourth-order valence-corrected chi connectivity index (χ4v) is 3.25. The average Bonchev–Trinajstić information content (AvgIpc) is 2.52. The van der Waals surface area contributed by atoms with Gasteiger partial charge in [0.05, 0.1) is 6.10 Å². The van der Waals surface area contributed by atoms with Gasteiger partial charge < -0.3 is 20.1 Å². The summed E-state index contributed by atoms with van der Waals surface area (Å²) in [4.78, 5) is 14.2. The van der Waals surface area contributed by atoms with Crippen molar-refractivity contribution in [3.8, 4) is 5.75 Å². The number of phenolic OH excluding ortho intramolecular Hbond substituents is 1. The van der Waals surface area contributed by atoms with Crippen molar-refractivity contribution in [2.45, 2.75) is 52.2 Å². The van der Waals surface area contributed by atoms with E-state index in [-0.39, 0.29) is 18.2 Å². The van der Waals surface area contributed by atoms with Gasteiger partial charge in [-0.1, -0.05) is 12.1 Å². The van der Waals surface area contributed by atoms with Crippen molar-refractivity contribution in [2.24, 2.45) is 0 Å². The van der Waals surface area contributed by atoms with Gasteiger partial charge >= 0.3 is 6.03 Å². The van der Waals surface area contributed by atoms with Gasteiger partial charge in [-0.3, -0.25) is 0 Å². The number of urea groups is 1. The summed E-state index contributed by atoms with van der Waals surface area (Å²) in [6.07, 6.45) is 2.80. The highest BCUT2D eigenvalue weighted by molar-refractivity contribution is 5.74. The summed E-state index contributed by atoms with van der Waals surface area (Å²) in [5.74, 6) is 0.354. The molecule has 1 aliphatic rings. The van der Waals surface area contributed by atoms with Gasteiger partial charge in [0.15, 0.2) is 0 Å². The van der Waals surface area contributed by atoms with E-state index in [4.69, 9.17) is 4.74 Å². The highest BCUT2D eigenvalue weighted by atomic mass is 16.5. The van der Waals surface area contributed by atoms with Crippen LogP contribution in [0.15, 0.2) is 12.1 Å². The molecule has 1 aromatic rings. The topological polar surface area (TPSA) is 61.8 Å². The van der Waals surface area contributed by atoms with Crippen molar-refractivity contribution >= 4 is 6.03 Å². The third kappa shape index (κ3) is 4.38. The minimum atomic E-state index is -0.000671. The maximum absolute atomic E-state index is 12.3. The number of methoxy groups -OCH3 is 1. The Labute approximate surface area is 138 Å². The lowest BCUT2D eigenvalue weighted by molar-refractivity contribution is 0.0294. The SMILES string of the molecule is CO[C@H]1CCN(C(=O)NCCc2cc(C)c(O)c(C)c2)[C@H](C)C1. The molecule has 2 rings (SSSR count). The van der Waals surface area contributed by atoms with Crippen LogP contribution in [0.5, 0.6) is 5.75 Å². The van der Waals surface area contributed by atoms with E-state index in [1.807, 2.05) is 30.9 Å². The molecule has 23 heavy (non-hydrogen) atoms. The van der Waals surface area contributed by atoms with Crippen LogP contribution in [0, 0.1) is 13.8 Å². The van der Waals surface area contributed by atoms with Gasteiger partial charge in [-0.15, -0.1) is 0 Å². The Morgan fingerprint density at radius 1 is 1.39 bits per heavy atom. The molecule has 0 aromatic heterocycles. The van der Waals surface area contributed by atoms with Crippen molar-refractivity contribution in [2.75, 3.05) is 20.2 Å². The monoisotopic (exact) mass is 320 g/mol. The molecule has 1 saturated heterocycles. The molecule has 1 aliphatic heterocycles. The highest BCUT2D eigenvalue weighted by Crippen LogP contribution is 2.23. The van der Waals surface area contributed by atoms with E-state index in [1.165, 1.54) is 0 Å². The lowest BCUT2D eigenvalue weighted by atomic mass is 10.0. The van der Waals surface area contributed by atoms with Crippen LogP contribution in [-0.2, 0) is 11.2 Å². The van der Waals surface area contributed by atoms with Crippen LogP contribution < -0.4 is 5.32 Å². The van der Waals surface area contributed by atoms with Gasteiger partial charge in [-0.05, 0) is 56.7 Å². The Hall–Kier alpha value is -1.75. The Balaban J connectivity index is 1.83. The first-order valence-electron chi connectivity index (χ1n) is 8.28. The number of ether oxygens (including phenoxy) is 1. The number of benzene rings is 1. The molecule has 2 N–H and O–H groups in total. The predicted octanol–water partition coefficient (Wildman–Crippen LogP) is 2.76. The Kier molecular flexibility index (Phi) is 5.88. The summed E-state index contributed by atoms with van der Waals surface area (Å²) >= 11 is 0. The van der Waals surface area contributed by atoms with E-state index in [0.717, 1.165) is 42.5 Å². The second kappa shape index (κ2) is 7.68. The molecule has 1 heterocycles. The van der Waals surface area contributed by atoms with Gasteiger partial charge in [-0.25, -0.2) is 4.79 Å². The molecule has 5 heteroatoms. The molecule has 1 fully saturated rings. The van der Waals surface area contributed by atoms with Gasteiger partial charge in [0, 0.05) is 26.2 Å². The van der Waals surface area contributed by atoms with Crippen molar-refractivity contribution in [3.63, 3.8) is 0 Å². The number of nitrogens with zero attached hydrogens (tertiary/aromatic N) is 1. The van der Waals surface area contributed by atoms with Crippen molar-refractivity contribution in [3.05, 3.63) is 28.8 Å². The fraction of sp³-hybridized carbons (Fsp3) is 0.611. The van der Waals surface area contributed by atoms with E-state index in [0.29, 0.717) is 12.3 Å². The third-order valence-corrected chi connectivity index (χ3v) is 4.66. The van der Waals surface area contributed by atoms with Crippen LogP contribution in [0.3, 0.4) is 0 Å². The number of hydrogen-bond acceptors (Lipinski definition) is 3. The maximum Gasteiger partial charge on any atom is 0.317 e. The summed E-state index contributed by atoms with van der Waals surface area (Å²) in [5, 5.41) is 12.8. The molecule has 0 unspecified atom stereocenters. The first-order valence-corrected chi connectivity index (χ1v) is 8.28. The van der Waals surface area contributed by atoms with Crippen molar-refractivity contribution < 1.29 is 14.6 Å². The second-order valence-corrected chi connectivity index (χ2v) is 6.48. The first-order chi connectivity index (χ1) is 10.9. The number of nitrogens with one attached hydrogen (secondary N) is 1. The molecule has 0 saturated carbocycles. The van der Waals surface area contributed by atoms with Crippen molar-refractivity contribution in [1.82, 2.24) is 10.2 Å². The molecule has 0 bridgehead atoms. The van der Waals surface area contributed by atoms with E-state index in [2.05, 4.69) is 12.2 Å². The molecule has 0 spiro atoms. The minimum absolute atomic E-state index is 0.000671.